The second-order valence-corrected chi connectivity index (χ2v) is 8.09. The largest absolute Gasteiger partial charge is 0.368 e. The highest BCUT2D eigenvalue weighted by Gasteiger charge is 2.21. The van der Waals surface area contributed by atoms with Crippen LogP contribution in [0.5, 0.6) is 0 Å². The topological polar surface area (TPSA) is 51.2 Å². The van der Waals surface area contributed by atoms with Gasteiger partial charge >= 0.3 is 0 Å². The van der Waals surface area contributed by atoms with Gasteiger partial charge in [0.15, 0.2) is 5.96 Å². The quantitative estimate of drug-likeness (QED) is 0.352. The molecule has 8 heteroatoms. The van der Waals surface area contributed by atoms with Crippen LogP contribution in [0.2, 0.25) is 0 Å². The molecule has 0 aliphatic carbocycles. The lowest BCUT2D eigenvalue weighted by Crippen LogP contribution is -2.52. The van der Waals surface area contributed by atoms with Crippen molar-refractivity contribution in [2.75, 3.05) is 44.7 Å². The lowest BCUT2D eigenvalue weighted by molar-refractivity contribution is -0.128. The third-order valence-corrected chi connectivity index (χ3v) is 5.97. The maximum atomic E-state index is 13.2. The van der Waals surface area contributed by atoms with E-state index in [4.69, 9.17) is 0 Å². The first-order valence-electron chi connectivity index (χ1n) is 10.9. The van der Waals surface area contributed by atoms with Gasteiger partial charge in [-0.15, -0.1) is 24.0 Å². The van der Waals surface area contributed by atoms with Crippen LogP contribution in [0, 0.1) is 5.82 Å². The first kappa shape index (κ1) is 24.3. The molecule has 1 amide bonds. The summed E-state index contributed by atoms with van der Waals surface area (Å²) in [4.78, 5) is 22.8. The summed E-state index contributed by atoms with van der Waals surface area (Å²) < 4.78 is 13.2. The number of anilines is 1. The number of likely N-dealkylation sites (tertiary alicyclic amines) is 1. The summed E-state index contributed by atoms with van der Waals surface area (Å²) in [6, 6.07) is 15.1. The molecule has 0 saturated carbocycles. The Morgan fingerprint density at radius 3 is 2.41 bits per heavy atom. The smallest absolute Gasteiger partial charge is 0.222 e. The fourth-order valence-corrected chi connectivity index (χ4v) is 4.27. The number of carbonyl (C=O) groups excluding carboxylic acids is 1. The van der Waals surface area contributed by atoms with Gasteiger partial charge in [0.2, 0.25) is 5.91 Å². The van der Waals surface area contributed by atoms with Crippen molar-refractivity contribution in [1.29, 1.82) is 0 Å². The number of piperazine rings is 1. The second kappa shape index (κ2) is 11.5. The molecule has 0 radical (unpaired) electrons. The van der Waals surface area contributed by atoms with E-state index >= 15 is 0 Å². The van der Waals surface area contributed by atoms with Crippen LogP contribution >= 0.6 is 24.0 Å². The van der Waals surface area contributed by atoms with Gasteiger partial charge in [-0.25, -0.2) is 4.39 Å². The summed E-state index contributed by atoms with van der Waals surface area (Å²) in [5.41, 5.74) is 3.39. The number of rotatable bonds is 5. The van der Waals surface area contributed by atoms with E-state index in [1.54, 1.807) is 0 Å². The van der Waals surface area contributed by atoms with Gasteiger partial charge in [0.1, 0.15) is 5.82 Å². The van der Waals surface area contributed by atoms with Gasteiger partial charge in [0.25, 0.3) is 0 Å². The van der Waals surface area contributed by atoms with Crippen molar-refractivity contribution in [3.63, 3.8) is 0 Å². The van der Waals surface area contributed by atoms with E-state index in [-0.39, 0.29) is 35.7 Å². The van der Waals surface area contributed by atoms with E-state index in [1.165, 1.54) is 17.7 Å². The number of aliphatic imine (C=N–C) groups is 1. The normalized spacial score (nSPS) is 16.9. The van der Waals surface area contributed by atoms with Crippen LogP contribution in [0.1, 0.15) is 24.0 Å². The first-order chi connectivity index (χ1) is 15.1. The van der Waals surface area contributed by atoms with Crippen LogP contribution in [0.3, 0.4) is 0 Å². The van der Waals surface area contributed by atoms with E-state index < -0.39 is 0 Å². The standard InChI is InChI=1S/C24H30FN5O.HI/c1-26-24(29-14-12-28(13-15-29)22-9-7-21(25)8-10-22)27-17-19-4-2-5-20(16-19)18-30-11-3-6-23(30)31;/h2,4-5,7-10,16H,3,6,11-15,17-18H2,1H3,(H,26,27);1H. The summed E-state index contributed by atoms with van der Waals surface area (Å²) >= 11 is 0. The van der Waals surface area contributed by atoms with E-state index in [9.17, 15) is 9.18 Å². The summed E-state index contributed by atoms with van der Waals surface area (Å²) in [5.74, 6) is 0.936. The molecule has 0 aromatic heterocycles. The predicted octanol–water partition coefficient (Wildman–Crippen LogP) is 3.46. The Bertz CT molecular complexity index is 928. The third-order valence-electron chi connectivity index (χ3n) is 5.97. The number of nitrogens with one attached hydrogen (secondary N) is 1. The van der Waals surface area contributed by atoms with Crippen LogP contribution < -0.4 is 10.2 Å². The molecule has 0 spiro atoms. The van der Waals surface area contributed by atoms with Crippen molar-refractivity contribution in [3.05, 3.63) is 65.5 Å². The van der Waals surface area contributed by atoms with Crippen molar-refractivity contribution in [3.8, 4) is 0 Å². The van der Waals surface area contributed by atoms with Crippen LogP contribution in [0.25, 0.3) is 0 Å². The zero-order valence-electron chi connectivity index (χ0n) is 18.5. The lowest BCUT2D eigenvalue weighted by atomic mass is 10.1. The Balaban J connectivity index is 0.00000289. The molecule has 2 fully saturated rings. The van der Waals surface area contributed by atoms with Crippen molar-refractivity contribution in [2.45, 2.75) is 25.9 Å². The molecule has 32 heavy (non-hydrogen) atoms. The molecule has 2 aliphatic rings. The van der Waals surface area contributed by atoms with Gasteiger partial charge in [0, 0.05) is 65.0 Å². The number of carbonyl (C=O) groups is 1. The number of nitrogens with zero attached hydrogens (tertiary/aromatic N) is 4. The molecule has 2 heterocycles. The van der Waals surface area contributed by atoms with Gasteiger partial charge in [-0.1, -0.05) is 24.3 Å². The van der Waals surface area contributed by atoms with Crippen molar-refractivity contribution >= 4 is 41.5 Å². The highest BCUT2D eigenvalue weighted by atomic mass is 127. The highest BCUT2D eigenvalue weighted by Crippen LogP contribution is 2.18. The van der Waals surface area contributed by atoms with Gasteiger partial charge in [-0.2, -0.15) is 0 Å². The zero-order valence-corrected chi connectivity index (χ0v) is 20.8. The van der Waals surface area contributed by atoms with Crippen LogP contribution in [-0.2, 0) is 17.9 Å². The van der Waals surface area contributed by atoms with Crippen molar-refractivity contribution in [2.24, 2.45) is 4.99 Å². The predicted molar refractivity (Wildman–Crippen MR) is 137 cm³/mol. The maximum Gasteiger partial charge on any atom is 0.222 e. The summed E-state index contributed by atoms with van der Waals surface area (Å²) in [6.45, 7) is 5.68. The van der Waals surface area contributed by atoms with E-state index in [1.807, 2.05) is 24.1 Å². The molecule has 2 aromatic carbocycles. The molecule has 2 saturated heterocycles. The maximum absolute atomic E-state index is 13.2. The lowest BCUT2D eigenvalue weighted by Gasteiger charge is -2.37. The fourth-order valence-electron chi connectivity index (χ4n) is 4.27. The minimum absolute atomic E-state index is 0. The molecule has 2 aromatic rings. The molecular formula is C24H31FIN5O. The molecule has 4 rings (SSSR count). The minimum atomic E-state index is -0.205. The van der Waals surface area contributed by atoms with Gasteiger partial charge in [-0.05, 0) is 41.8 Å². The Morgan fingerprint density at radius 1 is 1.03 bits per heavy atom. The third kappa shape index (κ3) is 6.11. The Kier molecular flexibility index (Phi) is 8.72. The number of hydrogen-bond donors (Lipinski definition) is 1. The van der Waals surface area contributed by atoms with E-state index in [0.717, 1.165) is 56.4 Å². The molecular weight excluding hydrogens is 520 g/mol. The Labute approximate surface area is 206 Å². The minimum Gasteiger partial charge on any atom is -0.368 e. The Morgan fingerprint density at radius 2 is 1.75 bits per heavy atom. The summed E-state index contributed by atoms with van der Waals surface area (Å²) in [6.07, 6.45) is 1.64. The number of amides is 1. The molecule has 172 valence electrons. The number of halogens is 2. The SMILES string of the molecule is CN=C(NCc1cccc(CN2CCCC2=O)c1)N1CCN(c2ccc(F)cc2)CC1.I. The van der Waals surface area contributed by atoms with Gasteiger partial charge in [-0.3, -0.25) is 9.79 Å². The van der Waals surface area contributed by atoms with Crippen LogP contribution in [0.15, 0.2) is 53.5 Å². The summed E-state index contributed by atoms with van der Waals surface area (Å²) in [7, 11) is 1.81. The van der Waals surface area contributed by atoms with Crippen LogP contribution in [-0.4, -0.2) is 61.4 Å². The highest BCUT2D eigenvalue weighted by molar-refractivity contribution is 14.0. The van der Waals surface area contributed by atoms with E-state index in [0.29, 0.717) is 19.5 Å². The molecule has 1 N–H and O–H groups in total. The van der Waals surface area contributed by atoms with Gasteiger partial charge in [0.05, 0.1) is 0 Å². The van der Waals surface area contributed by atoms with Gasteiger partial charge < -0.3 is 20.0 Å². The number of hydrogen-bond acceptors (Lipinski definition) is 3. The number of benzene rings is 2. The average molecular weight is 551 g/mol. The molecule has 0 unspecified atom stereocenters. The molecule has 0 bridgehead atoms. The molecule has 2 aliphatic heterocycles. The van der Waals surface area contributed by atoms with E-state index in [2.05, 4.69) is 44.4 Å². The summed E-state index contributed by atoms with van der Waals surface area (Å²) in [5, 5.41) is 3.47. The first-order valence-corrected chi connectivity index (χ1v) is 10.9. The molecule has 0 atom stereocenters. The van der Waals surface area contributed by atoms with Crippen molar-refractivity contribution < 1.29 is 9.18 Å². The monoisotopic (exact) mass is 551 g/mol. The molecule has 6 nitrogen and oxygen atoms in total. The average Bonchev–Trinajstić information content (AvgIpc) is 3.20. The van der Waals surface area contributed by atoms with Crippen molar-refractivity contribution in [1.82, 2.24) is 15.1 Å². The van der Waals surface area contributed by atoms with Crippen LogP contribution in [0.4, 0.5) is 10.1 Å². The Hall–Kier alpha value is -2.36. The second-order valence-electron chi connectivity index (χ2n) is 8.09. The fraction of sp³-hybridized carbons (Fsp3) is 0.417. The zero-order chi connectivity index (χ0) is 21.6. The number of guanidine groups is 1.